The number of hydrogen-bond acceptors (Lipinski definition) is 4. The van der Waals surface area contributed by atoms with Crippen LogP contribution in [0.5, 0.6) is 0 Å². The highest BCUT2D eigenvalue weighted by atomic mass is 19.4. The maximum Gasteiger partial charge on any atom is 0.434 e. The first-order chi connectivity index (χ1) is 15.2. The number of carbonyl (C=O) groups is 1. The second kappa shape index (κ2) is 8.06. The molecule has 0 spiro atoms. The van der Waals surface area contributed by atoms with E-state index in [0.29, 0.717) is 4.68 Å². The van der Waals surface area contributed by atoms with Crippen LogP contribution in [0.1, 0.15) is 34.1 Å². The SMILES string of the molecule is CNC(=O)c1c(C2CC=CC=C2F)noc1-c1cnn(-c2cccc(F)c2)c1C(F)(F)F. The zero-order valence-electron chi connectivity index (χ0n) is 16.5. The van der Waals surface area contributed by atoms with Crippen LogP contribution in [-0.2, 0) is 6.18 Å². The molecule has 1 N–H and O–H groups in total. The molecule has 11 heteroatoms. The van der Waals surface area contributed by atoms with Crippen LogP contribution in [0.2, 0.25) is 0 Å². The first kappa shape index (κ1) is 21.5. The molecular formula is C21H15F5N4O2. The average Bonchev–Trinajstić information content (AvgIpc) is 3.38. The molecule has 166 valence electrons. The van der Waals surface area contributed by atoms with Crippen molar-refractivity contribution in [2.75, 3.05) is 7.05 Å². The number of benzene rings is 1. The second-order valence-electron chi connectivity index (χ2n) is 6.92. The fourth-order valence-corrected chi connectivity index (χ4v) is 3.51. The Balaban J connectivity index is 1.94. The normalized spacial score (nSPS) is 16.2. The van der Waals surface area contributed by atoms with Crippen LogP contribution in [0.3, 0.4) is 0 Å². The van der Waals surface area contributed by atoms with Gasteiger partial charge in [0.15, 0.2) is 11.5 Å². The fraction of sp³-hybridized carbons (Fsp3) is 0.190. The van der Waals surface area contributed by atoms with Crippen LogP contribution in [0.15, 0.2) is 59.0 Å². The van der Waals surface area contributed by atoms with Gasteiger partial charge in [-0.25, -0.2) is 13.5 Å². The van der Waals surface area contributed by atoms with Gasteiger partial charge < -0.3 is 9.84 Å². The summed E-state index contributed by atoms with van der Waals surface area (Å²) in [7, 11) is 1.27. The van der Waals surface area contributed by atoms with Gasteiger partial charge in [-0.05, 0) is 30.7 Å². The van der Waals surface area contributed by atoms with E-state index in [1.54, 1.807) is 6.08 Å². The third-order valence-corrected chi connectivity index (χ3v) is 4.93. The summed E-state index contributed by atoms with van der Waals surface area (Å²) >= 11 is 0. The van der Waals surface area contributed by atoms with Gasteiger partial charge in [0.2, 0.25) is 0 Å². The molecule has 0 saturated heterocycles. The first-order valence-electron chi connectivity index (χ1n) is 9.37. The Bertz CT molecular complexity index is 1240. The smallest absolute Gasteiger partial charge is 0.355 e. The Kier molecular flexibility index (Phi) is 5.41. The van der Waals surface area contributed by atoms with Gasteiger partial charge in [0, 0.05) is 7.05 Å². The van der Waals surface area contributed by atoms with Crippen molar-refractivity contribution < 1.29 is 31.3 Å². The van der Waals surface area contributed by atoms with Gasteiger partial charge in [0.25, 0.3) is 5.91 Å². The zero-order valence-corrected chi connectivity index (χ0v) is 16.5. The quantitative estimate of drug-likeness (QED) is 0.572. The van der Waals surface area contributed by atoms with Crippen molar-refractivity contribution in [3.63, 3.8) is 0 Å². The van der Waals surface area contributed by atoms with E-state index in [1.807, 2.05) is 0 Å². The monoisotopic (exact) mass is 450 g/mol. The molecule has 4 rings (SSSR count). The van der Waals surface area contributed by atoms with Gasteiger partial charge >= 0.3 is 6.18 Å². The summed E-state index contributed by atoms with van der Waals surface area (Å²) in [4.78, 5) is 12.6. The van der Waals surface area contributed by atoms with Crippen LogP contribution < -0.4 is 5.32 Å². The summed E-state index contributed by atoms with van der Waals surface area (Å²) in [6.07, 6.45) is 0.337. The van der Waals surface area contributed by atoms with Gasteiger partial charge in [-0.2, -0.15) is 18.3 Å². The van der Waals surface area contributed by atoms with E-state index in [0.717, 1.165) is 18.3 Å². The van der Waals surface area contributed by atoms with E-state index in [4.69, 9.17) is 4.52 Å². The van der Waals surface area contributed by atoms with Gasteiger partial charge in [0.05, 0.1) is 23.4 Å². The Morgan fingerprint density at radius 2 is 2.06 bits per heavy atom. The molecule has 0 bridgehead atoms. The van der Waals surface area contributed by atoms with Crippen molar-refractivity contribution in [2.24, 2.45) is 0 Å². The van der Waals surface area contributed by atoms with Gasteiger partial charge in [-0.15, -0.1) is 0 Å². The molecule has 1 amide bonds. The number of hydrogen-bond donors (Lipinski definition) is 1. The van der Waals surface area contributed by atoms with Crippen LogP contribution in [0, 0.1) is 5.82 Å². The molecule has 1 aliphatic rings. The maximum absolute atomic E-state index is 14.4. The Morgan fingerprint density at radius 3 is 2.72 bits per heavy atom. The maximum atomic E-state index is 14.4. The highest BCUT2D eigenvalue weighted by Crippen LogP contribution is 2.42. The second-order valence-corrected chi connectivity index (χ2v) is 6.92. The van der Waals surface area contributed by atoms with Crippen molar-refractivity contribution in [3.8, 4) is 17.0 Å². The van der Waals surface area contributed by atoms with E-state index in [2.05, 4.69) is 15.6 Å². The predicted octanol–water partition coefficient (Wildman–Crippen LogP) is 4.94. The molecule has 1 aliphatic carbocycles. The Labute approximate surface area is 178 Å². The lowest BCUT2D eigenvalue weighted by Gasteiger charge is -2.15. The molecule has 0 aliphatic heterocycles. The number of rotatable bonds is 4. The molecule has 0 saturated carbocycles. The zero-order chi connectivity index (χ0) is 23.0. The largest absolute Gasteiger partial charge is 0.434 e. The van der Waals surface area contributed by atoms with Gasteiger partial charge in [-0.3, -0.25) is 4.79 Å². The number of alkyl halides is 3. The van der Waals surface area contributed by atoms with Crippen molar-refractivity contribution in [2.45, 2.75) is 18.5 Å². The number of aromatic nitrogens is 3. The standard InChI is InChI=1S/C21H15F5N4O2/c1-27-20(31)16-17(13-7-2-3-8-15(13)23)29-32-18(16)14-10-28-30(19(14)21(24,25)26)12-6-4-5-11(22)9-12/h2-6,8-10,13H,7H2,1H3,(H,27,31). The molecule has 1 aromatic carbocycles. The molecular weight excluding hydrogens is 435 g/mol. The molecule has 32 heavy (non-hydrogen) atoms. The molecule has 6 nitrogen and oxygen atoms in total. The lowest BCUT2D eigenvalue weighted by Crippen LogP contribution is -2.21. The molecule has 0 radical (unpaired) electrons. The molecule has 1 unspecified atom stereocenters. The summed E-state index contributed by atoms with van der Waals surface area (Å²) in [6.45, 7) is 0. The molecule has 1 atom stereocenters. The van der Waals surface area contributed by atoms with Crippen LogP contribution in [0.4, 0.5) is 22.0 Å². The summed E-state index contributed by atoms with van der Waals surface area (Å²) in [5.74, 6) is -3.67. The van der Waals surface area contributed by atoms with E-state index < -0.39 is 46.7 Å². The number of allylic oxidation sites excluding steroid dienone is 4. The summed E-state index contributed by atoms with van der Waals surface area (Å²) in [5.41, 5.74) is -2.54. The van der Waals surface area contributed by atoms with Crippen molar-refractivity contribution in [1.82, 2.24) is 20.3 Å². The van der Waals surface area contributed by atoms with Gasteiger partial charge in [0.1, 0.15) is 22.9 Å². The van der Waals surface area contributed by atoms with Crippen LogP contribution in [0.25, 0.3) is 17.0 Å². The number of halogens is 5. The number of amides is 1. The summed E-state index contributed by atoms with van der Waals surface area (Å²) < 4.78 is 75.8. The Morgan fingerprint density at radius 1 is 1.28 bits per heavy atom. The lowest BCUT2D eigenvalue weighted by atomic mass is 9.91. The molecule has 2 aromatic heterocycles. The third kappa shape index (κ3) is 3.70. The van der Waals surface area contributed by atoms with Crippen molar-refractivity contribution in [3.05, 3.63) is 77.3 Å². The topological polar surface area (TPSA) is 73.0 Å². The first-order valence-corrected chi connectivity index (χ1v) is 9.37. The van der Waals surface area contributed by atoms with Gasteiger partial charge in [-0.1, -0.05) is 23.4 Å². The summed E-state index contributed by atoms with van der Waals surface area (Å²) in [5, 5.41) is 9.81. The van der Waals surface area contributed by atoms with Crippen molar-refractivity contribution in [1.29, 1.82) is 0 Å². The average molecular weight is 450 g/mol. The third-order valence-electron chi connectivity index (χ3n) is 4.93. The summed E-state index contributed by atoms with van der Waals surface area (Å²) in [6, 6.07) is 4.44. The highest BCUT2D eigenvalue weighted by Gasteiger charge is 2.42. The fourth-order valence-electron chi connectivity index (χ4n) is 3.51. The minimum absolute atomic E-state index is 0.135. The minimum Gasteiger partial charge on any atom is -0.355 e. The lowest BCUT2D eigenvalue weighted by molar-refractivity contribution is -0.142. The highest BCUT2D eigenvalue weighted by molar-refractivity contribution is 6.01. The number of nitrogens with one attached hydrogen (secondary N) is 1. The molecule has 0 fully saturated rings. The molecule has 2 heterocycles. The number of nitrogens with zero attached hydrogens (tertiary/aromatic N) is 3. The van der Waals surface area contributed by atoms with E-state index in [9.17, 15) is 26.7 Å². The van der Waals surface area contributed by atoms with Crippen LogP contribution >= 0.6 is 0 Å². The minimum atomic E-state index is -4.95. The molecule has 3 aromatic rings. The predicted molar refractivity (Wildman–Crippen MR) is 103 cm³/mol. The van der Waals surface area contributed by atoms with E-state index in [1.165, 1.54) is 31.3 Å². The van der Waals surface area contributed by atoms with E-state index >= 15 is 0 Å². The van der Waals surface area contributed by atoms with Crippen LogP contribution in [-0.4, -0.2) is 27.9 Å². The number of carbonyl (C=O) groups excluding carboxylic acids is 1. The Hall–Kier alpha value is -3.76. The van der Waals surface area contributed by atoms with E-state index in [-0.39, 0.29) is 23.4 Å². The van der Waals surface area contributed by atoms with Crippen molar-refractivity contribution >= 4 is 5.91 Å².